The molecule has 2 aromatic carbocycles. The second-order valence-corrected chi connectivity index (χ2v) is 4.79. The van der Waals surface area contributed by atoms with Crippen molar-refractivity contribution < 1.29 is 19.1 Å². The maximum atomic E-state index is 11.8. The number of hydrogen-bond donors (Lipinski definition) is 0. The van der Waals surface area contributed by atoms with Crippen LogP contribution in [-0.2, 0) is 14.3 Å². The molecule has 0 unspecified atom stereocenters. The molecule has 0 bridgehead atoms. The predicted octanol–water partition coefficient (Wildman–Crippen LogP) is 3.41. The SMILES string of the molecule is CCCC(=O)C(=O)OC(=O)c1ccc(-c2ccccc2)cc1. The van der Waals surface area contributed by atoms with Gasteiger partial charge in [-0.2, -0.15) is 0 Å². The molecule has 2 rings (SSSR count). The Hall–Kier alpha value is -2.75. The molecule has 0 aliphatic heterocycles. The quantitative estimate of drug-likeness (QED) is 0.482. The van der Waals surface area contributed by atoms with Gasteiger partial charge in [0.1, 0.15) is 0 Å². The van der Waals surface area contributed by atoms with Gasteiger partial charge in [-0.1, -0.05) is 49.4 Å². The monoisotopic (exact) mass is 296 g/mol. The van der Waals surface area contributed by atoms with E-state index in [4.69, 9.17) is 0 Å². The van der Waals surface area contributed by atoms with E-state index in [2.05, 4.69) is 4.74 Å². The average Bonchev–Trinajstić information content (AvgIpc) is 2.56. The molecule has 0 atom stereocenters. The zero-order valence-corrected chi connectivity index (χ0v) is 12.2. The van der Waals surface area contributed by atoms with E-state index in [1.54, 1.807) is 31.2 Å². The van der Waals surface area contributed by atoms with Crippen LogP contribution in [0.1, 0.15) is 30.1 Å². The molecule has 0 saturated heterocycles. The highest BCUT2D eigenvalue weighted by Crippen LogP contribution is 2.19. The standard InChI is InChI=1S/C18H16O4/c1-2-6-16(19)18(21)22-17(20)15-11-9-14(10-12-15)13-7-4-3-5-8-13/h3-5,7-12H,2,6H2,1H3. The third-order valence-corrected chi connectivity index (χ3v) is 3.12. The summed E-state index contributed by atoms with van der Waals surface area (Å²) in [5, 5.41) is 0. The summed E-state index contributed by atoms with van der Waals surface area (Å²) in [5.41, 5.74) is 2.21. The molecule has 4 heteroatoms. The minimum Gasteiger partial charge on any atom is -0.384 e. The minimum absolute atomic E-state index is 0.0824. The molecule has 0 heterocycles. The number of ketones is 1. The van der Waals surface area contributed by atoms with E-state index in [9.17, 15) is 14.4 Å². The number of carbonyl (C=O) groups excluding carboxylic acids is 3. The lowest BCUT2D eigenvalue weighted by Crippen LogP contribution is -2.21. The first-order chi connectivity index (χ1) is 10.6. The lowest BCUT2D eigenvalue weighted by molar-refractivity contribution is -0.149. The Morgan fingerprint density at radius 2 is 1.45 bits per heavy atom. The van der Waals surface area contributed by atoms with Crippen molar-refractivity contribution in [1.82, 2.24) is 0 Å². The fourth-order valence-electron chi connectivity index (χ4n) is 1.96. The molecule has 22 heavy (non-hydrogen) atoms. The van der Waals surface area contributed by atoms with E-state index in [-0.39, 0.29) is 12.0 Å². The zero-order chi connectivity index (χ0) is 15.9. The van der Waals surface area contributed by atoms with Crippen molar-refractivity contribution in [1.29, 1.82) is 0 Å². The number of benzene rings is 2. The van der Waals surface area contributed by atoms with E-state index >= 15 is 0 Å². The van der Waals surface area contributed by atoms with Gasteiger partial charge in [0.2, 0.25) is 5.78 Å². The minimum atomic E-state index is -1.10. The van der Waals surface area contributed by atoms with Crippen LogP contribution in [-0.4, -0.2) is 17.7 Å². The third kappa shape index (κ3) is 3.88. The van der Waals surface area contributed by atoms with Gasteiger partial charge in [-0.05, 0) is 29.7 Å². The van der Waals surface area contributed by atoms with Gasteiger partial charge >= 0.3 is 11.9 Å². The van der Waals surface area contributed by atoms with Crippen LogP contribution >= 0.6 is 0 Å². The Morgan fingerprint density at radius 1 is 0.864 bits per heavy atom. The van der Waals surface area contributed by atoms with Crippen molar-refractivity contribution >= 4 is 17.7 Å². The lowest BCUT2D eigenvalue weighted by atomic mass is 10.0. The molecular weight excluding hydrogens is 280 g/mol. The maximum Gasteiger partial charge on any atom is 0.382 e. The maximum absolute atomic E-state index is 11.8. The Balaban J connectivity index is 2.06. The van der Waals surface area contributed by atoms with Gasteiger partial charge in [-0.3, -0.25) is 4.79 Å². The van der Waals surface area contributed by atoms with Crippen molar-refractivity contribution in [3.63, 3.8) is 0 Å². The Bertz CT molecular complexity index is 672. The molecule has 0 radical (unpaired) electrons. The van der Waals surface area contributed by atoms with Crippen LogP contribution in [0.15, 0.2) is 54.6 Å². The second kappa shape index (κ2) is 7.31. The summed E-state index contributed by atoms with van der Waals surface area (Å²) >= 11 is 0. The summed E-state index contributed by atoms with van der Waals surface area (Å²) in [7, 11) is 0. The summed E-state index contributed by atoms with van der Waals surface area (Å²) in [6, 6.07) is 16.4. The van der Waals surface area contributed by atoms with E-state index in [0.717, 1.165) is 11.1 Å². The molecule has 0 fully saturated rings. The summed E-state index contributed by atoms with van der Waals surface area (Å²) in [4.78, 5) is 34.6. The first-order valence-corrected chi connectivity index (χ1v) is 7.06. The molecule has 0 aromatic heterocycles. The second-order valence-electron chi connectivity index (χ2n) is 4.79. The fourth-order valence-corrected chi connectivity index (χ4v) is 1.96. The van der Waals surface area contributed by atoms with Crippen LogP contribution < -0.4 is 0 Å². The highest BCUT2D eigenvalue weighted by atomic mass is 16.6. The Morgan fingerprint density at radius 3 is 2.05 bits per heavy atom. The third-order valence-electron chi connectivity index (χ3n) is 3.12. The molecule has 112 valence electrons. The van der Waals surface area contributed by atoms with Gasteiger partial charge in [0.25, 0.3) is 0 Å². The Kier molecular flexibility index (Phi) is 5.20. The van der Waals surface area contributed by atoms with Crippen LogP contribution in [0.4, 0.5) is 0 Å². The molecule has 0 saturated carbocycles. The molecule has 0 amide bonds. The van der Waals surface area contributed by atoms with Gasteiger partial charge in [0.05, 0.1) is 5.56 Å². The normalized spacial score (nSPS) is 10.0. The summed E-state index contributed by atoms with van der Waals surface area (Å²) in [6.07, 6.45) is 0.618. The summed E-state index contributed by atoms with van der Waals surface area (Å²) in [6.45, 7) is 1.77. The number of esters is 2. The van der Waals surface area contributed by atoms with Crippen LogP contribution in [0.3, 0.4) is 0 Å². The van der Waals surface area contributed by atoms with Gasteiger partial charge in [0, 0.05) is 6.42 Å². The van der Waals surface area contributed by atoms with Crippen LogP contribution in [0.25, 0.3) is 11.1 Å². The topological polar surface area (TPSA) is 60.4 Å². The van der Waals surface area contributed by atoms with Crippen LogP contribution in [0.5, 0.6) is 0 Å². The molecule has 2 aromatic rings. The molecule has 0 aliphatic rings. The number of carbonyl (C=O) groups is 3. The van der Waals surface area contributed by atoms with Crippen molar-refractivity contribution in [3.8, 4) is 11.1 Å². The largest absolute Gasteiger partial charge is 0.384 e. The summed E-state index contributed by atoms with van der Waals surface area (Å²) in [5.74, 6) is -2.59. The van der Waals surface area contributed by atoms with E-state index in [1.165, 1.54) is 0 Å². The van der Waals surface area contributed by atoms with Gasteiger partial charge in [-0.25, -0.2) is 9.59 Å². The van der Waals surface area contributed by atoms with Crippen molar-refractivity contribution in [2.75, 3.05) is 0 Å². The molecular formula is C18H16O4. The van der Waals surface area contributed by atoms with Crippen molar-refractivity contribution in [2.24, 2.45) is 0 Å². The highest BCUT2D eigenvalue weighted by Gasteiger charge is 2.19. The van der Waals surface area contributed by atoms with E-state index in [0.29, 0.717) is 6.42 Å². The van der Waals surface area contributed by atoms with E-state index in [1.807, 2.05) is 30.3 Å². The number of Topliss-reactive ketones (excluding diaryl/α,β-unsaturated/α-hetero) is 1. The molecule has 0 aliphatic carbocycles. The molecule has 0 spiro atoms. The zero-order valence-electron chi connectivity index (χ0n) is 12.2. The Labute approximate surface area is 128 Å². The van der Waals surface area contributed by atoms with Gasteiger partial charge in [-0.15, -0.1) is 0 Å². The van der Waals surface area contributed by atoms with Gasteiger partial charge < -0.3 is 4.74 Å². The predicted molar refractivity (Wildman–Crippen MR) is 82.2 cm³/mol. The number of rotatable bonds is 5. The smallest absolute Gasteiger partial charge is 0.382 e. The van der Waals surface area contributed by atoms with Crippen molar-refractivity contribution in [3.05, 3.63) is 60.2 Å². The first-order valence-electron chi connectivity index (χ1n) is 7.06. The fraction of sp³-hybridized carbons (Fsp3) is 0.167. The van der Waals surface area contributed by atoms with Crippen LogP contribution in [0.2, 0.25) is 0 Å². The van der Waals surface area contributed by atoms with Gasteiger partial charge in [0.15, 0.2) is 0 Å². The molecule has 4 nitrogen and oxygen atoms in total. The van der Waals surface area contributed by atoms with Crippen molar-refractivity contribution in [2.45, 2.75) is 19.8 Å². The molecule has 0 N–H and O–H groups in total. The van der Waals surface area contributed by atoms with Crippen LogP contribution in [0, 0.1) is 0 Å². The first kappa shape index (κ1) is 15.6. The van der Waals surface area contributed by atoms with E-state index < -0.39 is 17.7 Å². The number of hydrogen-bond acceptors (Lipinski definition) is 4. The number of ether oxygens (including phenoxy) is 1. The lowest BCUT2D eigenvalue weighted by Gasteiger charge is -2.04. The highest BCUT2D eigenvalue weighted by molar-refractivity contribution is 6.35. The summed E-state index contributed by atoms with van der Waals surface area (Å²) < 4.78 is 4.57. The average molecular weight is 296 g/mol.